The molecule has 1 saturated carbocycles. The van der Waals surface area contributed by atoms with Gasteiger partial charge in [-0.05, 0) is 17.7 Å². The standard InChI is InChI=1S/C15H14O7/c1-9(16)21-11-4-2-10(3-5-11)8-20-15(19)22-14-12(17)6-7-13(14)18/h2-5,14H,6-8H2,1H3. The summed E-state index contributed by atoms with van der Waals surface area (Å²) in [6.07, 6.45) is -2.22. The van der Waals surface area contributed by atoms with Crippen LogP contribution in [0, 0.1) is 0 Å². The number of ketones is 2. The molecule has 1 aliphatic carbocycles. The van der Waals surface area contributed by atoms with Gasteiger partial charge in [0.15, 0.2) is 11.6 Å². The number of esters is 1. The zero-order valence-electron chi connectivity index (χ0n) is 11.9. The molecular weight excluding hydrogens is 292 g/mol. The van der Waals surface area contributed by atoms with E-state index in [2.05, 4.69) is 0 Å². The molecule has 0 bridgehead atoms. The zero-order valence-corrected chi connectivity index (χ0v) is 11.9. The van der Waals surface area contributed by atoms with E-state index in [4.69, 9.17) is 14.2 Å². The van der Waals surface area contributed by atoms with Crippen molar-refractivity contribution in [3.05, 3.63) is 29.8 Å². The fourth-order valence-corrected chi connectivity index (χ4v) is 1.91. The molecule has 7 heteroatoms. The summed E-state index contributed by atoms with van der Waals surface area (Å²) < 4.78 is 14.4. The molecule has 2 rings (SSSR count). The predicted molar refractivity (Wildman–Crippen MR) is 72.1 cm³/mol. The molecule has 0 unspecified atom stereocenters. The maximum Gasteiger partial charge on any atom is 0.509 e. The van der Waals surface area contributed by atoms with Crippen molar-refractivity contribution in [3.63, 3.8) is 0 Å². The highest BCUT2D eigenvalue weighted by Gasteiger charge is 2.36. The number of carbonyl (C=O) groups excluding carboxylic acids is 4. The molecule has 1 aliphatic rings. The Morgan fingerprint density at radius 1 is 1.09 bits per heavy atom. The second kappa shape index (κ2) is 6.84. The minimum absolute atomic E-state index is 0.0890. The molecule has 0 heterocycles. The van der Waals surface area contributed by atoms with Gasteiger partial charge in [0.1, 0.15) is 12.4 Å². The summed E-state index contributed by atoms with van der Waals surface area (Å²) in [5.41, 5.74) is 0.636. The second-order valence-corrected chi connectivity index (χ2v) is 4.71. The number of rotatable bonds is 4. The van der Waals surface area contributed by atoms with Crippen molar-refractivity contribution in [1.29, 1.82) is 0 Å². The normalized spacial score (nSPS) is 14.8. The Labute approximate surface area is 126 Å². The first-order valence-electron chi connectivity index (χ1n) is 6.62. The van der Waals surface area contributed by atoms with E-state index in [9.17, 15) is 19.2 Å². The van der Waals surface area contributed by atoms with Crippen molar-refractivity contribution in [2.75, 3.05) is 0 Å². The Bertz CT molecular complexity index is 587. The van der Waals surface area contributed by atoms with Crippen LogP contribution in [-0.4, -0.2) is 29.8 Å². The van der Waals surface area contributed by atoms with Crippen molar-refractivity contribution in [2.45, 2.75) is 32.5 Å². The lowest BCUT2D eigenvalue weighted by Gasteiger charge is -2.10. The maximum atomic E-state index is 11.5. The quantitative estimate of drug-likeness (QED) is 0.473. The van der Waals surface area contributed by atoms with Crippen LogP contribution in [0.3, 0.4) is 0 Å². The van der Waals surface area contributed by atoms with E-state index >= 15 is 0 Å². The van der Waals surface area contributed by atoms with Gasteiger partial charge in [-0.2, -0.15) is 0 Å². The van der Waals surface area contributed by atoms with E-state index < -0.39 is 29.8 Å². The predicted octanol–water partition coefficient (Wildman–Crippen LogP) is 1.57. The molecule has 0 N–H and O–H groups in total. The van der Waals surface area contributed by atoms with Gasteiger partial charge in [-0.15, -0.1) is 0 Å². The van der Waals surface area contributed by atoms with Crippen LogP contribution in [0.5, 0.6) is 5.75 Å². The van der Waals surface area contributed by atoms with Gasteiger partial charge in [-0.25, -0.2) is 4.79 Å². The van der Waals surface area contributed by atoms with Crippen LogP contribution in [0.15, 0.2) is 24.3 Å². The monoisotopic (exact) mass is 306 g/mol. The molecule has 0 amide bonds. The third-order valence-electron chi connectivity index (χ3n) is 2.96. The van der Waals surface area contributed by atoms with Gasteiger partial charge in [0.05, 0.1) is 0 Å². The van der Waals surface area contributed by atoms with Crippen LogP contribution in [-0.2, 0) is 30.5 Å². The van der Waals surface area contributed by atoms with Crippen molar-refractivity contribution >= 4 is 23.7 Å². The van der Waals surface area contributed by atoms with E-state index in [0.29, 0.717) is 11.3 Å². The van der Waals surface area contributed by atoms with E-state index in [1.807, 2.05) is 0 Å². The van der Waals surface area contributed by atoms with Gasteiger partial charge in [0, 0.05) is 19.8 Å². The van der Waals surface area contributed by atoms with Gasteiger partial charge in [0.25, 0.3) is 0 Å². The fourth-order valence-electron chi connectivity index (χ4n) is 1.91. The van der Waals surface area contributed by atoms with Crippen LogP contribution >= 0.6 is 0 Å². The van der Waals surface area contributed by atoms with Crippen molar-refractivity contribution in [1.82, 2.24) is 0 Å². The average Bonchev–Trinajstić information content (AvgIpc) is 2.78. The Hall–Kier alpha value is -2.70. The molecule has 0 atom stereocenters. The van der Waals surface area contributed by atoms with E-state index in [-0.39, 0.29) is 19.4 Å². The zero-order chi connectivity index (χ0) is 16.1. The molecule has 0 spiro atoms. The topological polar surface area (TPSA) is 96.0 Å². The lowest BCUT2D eigenvalue weighted by Crippen LogP contribution is -2.28. The largest absolute Gasteiger partial charge is 0.509 e. The summed E-state index contributed by atoms with van der Waals surface area (Å²) in [4.78, 5) is 44.9. The van der Waals surface area contributed by atoms with Crippen LogP contribution in [0.25, 0.3) is 0 Å². The van der Waals surface area contributed by atoms with Crippen LogP contribution in [0.4, 0.5) is 4.79 Å². The molecule has 0 saturated heterocycles. The molecule has 0 radical (unpaired) electrons. The molecule has 116 valence electrons. The number of ether oxygens (including phenoxy) is 3. The first-order valence-corrected chi connectivity index (χ1v) is 6.62. The van der Waals surface area contributed by atoms with Crippen molar-refractivity contribution in [2.24, 2.45) is 0 Å². The Kier molecular flexibility index (Phi) is 4.88. The van der Waals surface area contributed by atoms with Crippen LogP contribution in [0.1, 0.15) is 25.3 Å². The van der Waals surface area contributed by atoms with E-state index in [1.54, 1.807) is 24.3 Å². The van der Waals surface area contributed by atoms with Gasteiger partial charge in [0.2, 0.25) is 6.10 Å². The highest BCUT2D eigenvalue weighted by Crippen LogP contribution is 2.16. The van der Waals surface area contributed by atoms with Crippen molar-refractivity contribution in [3.8, 4) is 5.75 Å². The van der Waals surface area contributed by atoms with E-state index in [0.717, 1.165) is 0 Å². The molecule has 1 fully saturated rings. The minimum Gasteiger partial charge on any atom is -0.429 e. The molecule has 1 aromatic rings. The van der Waals surface area contributed by atoms with Crippen molar-refractivity contribution < 1.29 is 33.4 Å². The highest BCUT2D eigenvalue weighted by atomic mass is 16.7. The Balaban J connectivity index is 1.82. The van der Waals surface area contributed by atoms with Crippen LogP contribution < -0.4 is 4.74 Å². The average molecular weight is 306 g/mol. The first-order chi connectivity index (χ1) is 10.5. The first kappa shape index (κ1) is 15.7. The SMILES string of the molecule is CC(=O)Oc1ccc(COC(=O)OC2C(=O)CCC2=O)cc1. The minimum atomic E-state index is -1.33. The highest BCUT2D eigenvalue weighted by molar-refractivity contribution is 6.12. The summed E-state index contributed by atoms with van der Waals surface area (Å²) in [6, 6.07) is 6.32. The summed E-state index contributed by atoms with van der Waals surface area (Å²) >= 11 is 0. The van der Waals surface area contributed by atoms with E-state index in [1.165, 1.54) is 6.92 Å². The third-order valence-corrected chi connectivity index (χ3v) is 2.96. The number of hydrogen-bond acceptors (Lipinski definition) is 7. The second-order valence-electron chi connectivity index (χ2n) is 4.71. The molecule has 1 aromatic carbocycles. The van der Waals surface area contributed by atoms with Gasteiger partial charge in [-0.3, -0.25) is 14.4 Å². The molecule has 0 aromatic heterocycles. The number of hydrogen-bond donors (Lipinski definition) is 0. The molecule has 22 heavy (non-hydrogen) atoms. The Morgan fingerprint density at radius 3 is 2.23 bits per heavy atom. The number of benzene rings is 1. The fraction of sp³-hybridized carbons (Fsp3) is 0.333. The summed E-state index contributed by atoms with van der Waals surface area (Å²) in [5, 5.41) is 0. The molecule has 7 nitrogen and oxygen atoms in total. The smallest absolute Gasteiger partial charge is 0.429 e. The lowest BCUT2D eigenvalue weighted by atomic mass is 10.2. The third kappa shape index (κ3) is 4.15. The van der Waals surface area contributed by atoms with Gasteiger partial charge < -0.3 is 14.2 Å². The lowest BCUT2D eigenvalue weighted by molar-refractivity contribution is -0.135. The molecular formula is C15H14O7. The summed E-state index contributed by atoms with van der Waals surface area (Å²) in [6.45, 7) is 1.20. The van der Waals surface area contributed by atoms with Gasteiger partial charge in [-0.1, -0.05) is 12.1 Å². The number of Topliss-reactive ketones (excluding diaryl/α,β-unsaturated/α-hetero) is 2. The van der Waals surface area contributed by atoms with Crippen LogP contribution in [0.2, 0.25) is 0 Å². The Morgan fingerprint density at radius 2 is 1.68 bits per heavy atom. The summed E-state index contributed by atoms with van der Waals surface area (Å²) in [5.74, 6) is -0.875. The van der Waals surface area contributed by atoms with Gasteiger partial charge >= 0.3 is 12.1 Å². The summed E-state index contributed by atoms with van der Waals surface area (Å²) in [7, 11) is 0. The maximum absolute atomic E-state index is 11.5. The molecule has 0 aliphatic heterocycles. The number of carbonyl (C=O) groups is 4.